The lowest BCUT2D eigenvalue weighted by Gasteiger charge is -2.14. The topological polar surface area (TPSA) is 58.2 Å². The van der Waals surface area contributed by atoms with E-state index in [2.05, 4.69) is 10.6 Å². The molecule has 0 unspecified atom stereocenters. The maximum atomic E-state index is 10.6. The molecule has 0 amide bonds. The lowest BCUT2D eigenvalue weighted by Crippen LogP contribution is -2.30. The summed E-state index contributed by atoms with van der Waals surface area (Å²) >= 11 is 1.57. The molecule has 0 spiro atoms. The summed E-state index contributed by atoms with van der Waals surface area (Å²) in [5.41, 5.74) is 0. The van der Waals surface area contributed by atoms with Crippen molar-refractivity contribution < 1.29 is 8.42 Å². The van der Waals surface area contributed by atoms with Gasteiger partial charge in [-0.25, -0.2) is 8.42 Å². The minimum absolute atomic E-state index is 0.0679. The highest BCUT2D eigenvalue weighted by molar-refractivity contribution is 8.00. The summed E-state index contributed by atoms with van der Waals surface area (Å²) in [6.45, 7) is 1.67. The molecular weight excluding hydrogens is 208 g/mol. The maximum Gasteiger partial charge on any atom is 0.174 e. The lowest BCUT2D eigenvalue weighted by atomic mass is 10.4. The van der Waals surface area contributed by atoms with Gasteiger partial charge in [0.2, 0.25) is 0 Å². The van der Waals surface area contributed by atoms with Crippen LogP contribution < -0.4 is 10.6 Å². The van der Waals surface area contributed by atoms with Crippen molar-refractivity contribution in [1.82, 2.24) is 10.6 Å². The van der Waals surface area contributed by atoms with E-state index in [0.29, 0.717) is 11.0 Å². The van der Waals surface area contributed by atoms with Gasteiger partial charge in [-0.3, -0.25) is 0 Å². The molecule has 0 atom stereocenters. The van der Waals surface area contributed by atoms with Crippen molar-refractivity contribution in [2.75, 3.05) is 38.7 Å². The first-order valence-electron chi connectivity index (χ1n) is 4.58. The molecule has 0 saturated heterocycles. The van der Waals surface area contributed by atoms with E-state index < -0.39 is 10.6 Å². The average molecular weight is 227 g/mol. The highest BCUT2D eigenvalue weighted by Gasteiger charge is 2.06. The van der Waals surface area contributed by atoms with Crippen LogP contribution in [-0.4, -0.2) is 53.5 Å². The molecule has 80 valence electrons. The average Bonchev–Trinajstić information content (AvgIpc) is 2.02. The minimum Gasteiger partial charge on any atom is -0.319 e. The molecule has 0 fully saturated rings. The SMILES string of the molecule is [2H]S(=O)(=O)CCSC(CNC)CNC. The van der Waals surface area contributed by atoms with Crippen LogP contribution in [0.25, 0.3) is 0 Å². The van der Waals surface area contributed by atoms with Gasteiger partial charge in [0.1, 0.15) is 10.6 Å². The molecule has 4 nitrogen and oxygen atoms in total. The third-order valence-corrected chi connectivity index (χ3v) is 3.51. The van der Waals surface area contributed by atoms with E-state index in [1.165, 1.54) is 0 Å². The number of rotatable bonds is 8. The maximum absolute atomic E-state index is 10.6. The molecule has 0 aliphatic carbocycles. The van der Waals surface area contributed by atoms with Crippen LogP contribution in [0.15, 0.2) is 0 Å². The van der Waals surface area contributed by atoms with Gasteiger partial charge in [-0.2, -0.15) is 11.8 Å². The molecule has 0 aromatic heterocycles. The molecule has 0 rings (SSSR count). The third kappa shape index (κ3) is 8.55. The first-order chi connectivity index (χ1) is 6.49. The second kappa shape index (κ2) is 8.80. The van der Waals surface area contributed by atoms with Crippen molar-refractivity contribution in [3.05, 3.63) is 0 Å². The molecule has 0 aromatic rings. The third-order valence-electron chi connectivity index (χ3n) is 1.47. The van der Waals surface area contributed by atoms with Crippen LogP contribution in [0.1, 0.15) is 0 Å². The van der Waals surface area contributed by atoms with Gasteiger partial charge in [-0.15, -0.1) is 0 Å². The van der Waals surface area contributed by atoms with Crippen LogP contribution in [0.2, 0.25) is 0 Å². The number of nitrogens with one attached hydrogen (secondary N) is 2. The zero-order valence-corrected chi connectivity index (χ0v) is 9.67. The zero-order valence-electron chi connectivity index (χ0n) is 9.04. The fourth-order valence-corrected chi connectivity index (χ4v) is 2.76. The van der Waals surface area contributed by atoms with Crippen molar-refractivity contribution in [1.29, 1.82) is 1.12 Å². The number of hydrogen-bond acceptors (Lipinski definition) is 5. The van der Waals surface area contributed by atoms with Crippen LogP contribution in [0, 0.1) is 0 Å². The highest BCUT2D eigenvalue weighted by atomic mass is 32.2. The van der Waals surface area contributed by atoms with Crippen LogP contribution in [0.4, 0.5) is 0 Å². The summed E-state index contributed by atoms with van der Waals surface area (Å²) in [5, 5.41) is 6.44. The van der Waals surface area contributed by atoms with E-state index in [4.69, 9.17) is 1.12 Å². The number of thioether (sulfide) groups is 1. The highest BCUT2D eigenvalue weighted by Crippen LogP contribution is 2.08. The molecule has 0 bridgehead atoms. The first-order valence-corrected chi connectivity index (χ1v) is 6.46. The van der Waals surface area contributed by atoms with E-state index in [9.17, 15) is 8.42 Å². The Balaban J connectivity index is 3.70. The van der Waals surface area contributed by atoms with Crippen molar-refractivity contribution in [2.45, 2.75) is 5.25 Å². The molecule has 6 heteroatoms. The summed E-state index contributed by atoms with van der Waals surface area (Å²) in [6, 6.07) is 0. The zero-order chi connectivity index (χ0) is 11.0. The van der Waals surface area contributed by atoms with E-state index in [0.717, 1.165) is 13.1 Å². The lowest BCUT2D eigenvalue weighted by molar-refractivity contribution is 0.615. The predicted octanol–water partition coefficient (Wildman–Crippen LogP) is -0.862. The summed E-state index contributed by atoms with van der Waals surface area (Å²) in [5.74, 6) is 0.418. The normalized spacial score (nSPS) is 13.3. The van der Waals surface area contributed by atoms with Crippen molar-refractivity contribution in [2.24, 2.45) is 0 Å². The van der Waals surface area contributed by atoms with Gasteiger partial charge in [0.25, 0.3) is 0 Å². The second-order valence-electron chi connectivity index (χ2n) is 2.62. The van der Waals surface area contributed by atoms with Gasteiger partial charge in [-0.05, 0) is 14.1 Å². The molecule has 0 aliphatic rings. The quantitative estimate of drug-likeness (QED) is 0.471. The molecule has 0 aliphatic heterocycles. The molecule has 0 heterocycles. The van der Waals surface area contributed by atoms with Crippen LogP contribution >= 0.6 is 11.8 Å². The molecular formula is C7H18N2O2S2. The monoisotopic (exact) mass is 227 g/mol. The molecule has 0 saturated carbocycles. The Kier molecular flexibility index (Phi) is 7.65. The van der Waals surface area contributed by atoms with Gasteiger partial charge >= 0.3 is 0 Å². The van der Waals surface area contributed by atoms with E-state index in [-0.39, 0.29) is 5.75 Å². The summed E-state index contributed by atoms with van der Waals surface area (Å²) < 4.78 is 27.8. The van der Waals surface area contributed by atoms with E-state index >= 15 is 0 Å². The van der Waals surface area contributed by atoms with Crippen molar-refractivity contribution >= 4 is 22.4 Å². The fraction of sp³-hybridized carbons (Fsp3) is 1.00. The Morgan fingerprint density at radius 1 is 1.38 bits per heavy atom. The Labute approximate surface area is 86.9 Å². The van der Waals surface area contributed by atoms with Gasteiger partial charge in [0.15, 0.2) is 1.12 Å². The summed E-state index contributed by atoms with van der Waals surface area (Å²) in [4.78, 5) is 0. The number of thiol groups is 1. The van der Waals surface area contributed by atoms with Gasteiger partial charge < -0.3 is 10.6 Å². The Bertz CT molecular complexity index is 228. The molecule has 13 heavy (non-hydrogen) atoms. The smallest absolute Gasteiger partial charge is 0.174 e. The fourth-order valence-electron chi connectivity index (χ4n) is 0.928. The van der Waals surface area contributed by atoms with E-state index in [1.54, 1.807) is 11.8 Å². The van der Waals surface area contributed by atoms with Gasteiger partial charge in [-0.1, -0.05) is 0 Å². The molecule has 0 radical (unpaired) electrons. The standard InChI is InChI=1S/C7H18N2O2S2/c1-8-5-7(6-9-2)12-3-4-13(10)11/h7-9,13H,3-6H2,1-2H3/i13D. The molecule has 0 aromatic carbocycles. The van der Waals surface area contributed by atoms with Gasteiger partial charge in [0, 0.05) is 24.1 Å². The van der Waals surface area contributed by atoms with Crippen LogP contribution in [0.3, 0.4) is 0 Å². The Morgan fingerprint density at radius 3 is 2.31 bits per heavy atom. The predicted molar refractivity (Wildman–Crippen MR) is 59.3 cm³/mol. The van der Waals surface area contributed by atoms with Crippen LogP contribution in [0.5, 0.6) is 0 Å². The summed E-state index contributed by atoms with van der Waals surface area (Å²) in [7, 11) is 0.170. The second-order valence-corrected chi connectivity index (χ2v) is 5.04. The Morgan fingerprint density at radius 2 is 1.92 bits per heavy atom. The Hall–Kier alpha value is 0.220. The summed E-state index contributed by atoms with van der Waals surface area (Å²) in [6.07, 6.45) is 0. The van der Waals surface area contributed by atoms with Crippen LogP contribution in [-0.2, 0) is 10.6 Å². The first kappa shape index (κ1) is 11.3. The van der Waals surface area contributed by atoms with Crippen molar-refractivity contribution in [3.63, 3.8) is 0 Å². The number of hydrogen-bond donors (Lipinski definition) is 3. The molecule has 2 N–H and O–H groups in total. The van der Waals surface area contributed by atoms with Crippen molar-refractivity contribution in [3.8, 4) is 0 Å². The van der Waals surface area contributed by atoms with Gasteiger partial charge in [0.05, 0.1) is 5.75 Å². The largest absolute Gasteiger partial charge is 0.319 e. The minimum atomic E-state index is -3.56. The van der Waals surface area contributed by atoms with E-state index in [1.807, 2.05) is 14.1 Å².